The third-order valence-corrected chi connectivity index (χ3v) is 8.13. The van der Waals surface area contributed by atoms with E-state index in [0.29, 0.717) is 64.7 Å². The molecule has 0 spiro atoms. The molecule has 1 aliphatic heterocycles. The minimum absolute atomic E-state index is 0.0590. The summed E-state index contributed by atoms with van der Waals surface area (Å²) in [6.07, 6.45) is 8.62. The zero-order valence-electron chi connectivity index (χ0n) is 29.7. The lowest BCUT2D eigenvalue weighted by molar-refractivity contribution is -0.141. The van der Waals surface area contributed by atoms with Crippen molar-refractivity contribution in [2.24, 2.45) is 5.73 Å². The quantitative estimate of drug-likeness (QED) is 0.136. The molecular weight excluding hydrogens is 632 g/mol. The summed E-state index contributed by atoms with van der Waals surface area (Å²) < 4.78 is 1.58. The molecule has 49 heavy (non-hydrogen) atoms. The van der Waals surface area contributed by atoms with Gasteiger partial charge in [-0.3, -0.25) is 33.4 Å². The third kappa shape index (κ3) is 16.4. The molecule has 5 amide bonds. The van der Waals surface area contributed by atoms with Gasteiger partial charge in [-0.15, -0.1) is 5.10 Å². The Bertz CT molecular complexity index is 1220. The highest BCUT2D eigenvalue weighted by molar-refractivity contribution is 6.38. The Labute approximate surface area is 289 Å². The minimum atomic E-state index is -1.14. The van der Waals surface area contributed by atoms with Crippen molar-refractivity contribution >= 4 is 35.3 Å². The number of nitrogens with two attached hydrogens (primary N) is 1. The minimum Gasteiger partial charge on any atom is -0.356 e. The summed E-state index contributed by atoms with van der Waals surface area (Å²) in [5.74, 6) is -3.40. The van der Waals surface area contributed by atoms with E-state index in [0.717, 1.165) is 25.7 Å². The summed E-state index contributed by atoms with van der Waals surface area (Å²) in [6.45, 7) is 5.47. The molecule has 0 aliphatic carbocycles. The first-order chi connectivity index (χ1) is 23.4. The molecule has 0 unspecified atom stereocenters. The van der Waals surface area contributed by atoms with Crippen LogP contribution in [-0.4, -0.2) is 113 Å². The highest BCUT2D eigenvalue weighted by atomic mass is 16.2. The topological polar surface area (TPSA) is 223 Å². The molecule has 0 saturated carbocycles. The maximum absolute atomic E-state index is 13.8. The monoisotopic (exact) mass is 690 g/mol. The van der Waals surface area contributed by atoms with E-state index in [1.165, 1.54) is 6.20 Å². The van der Waals surface area contributed by atoms with Crippen LogP contribution in [0.3, 0.4) is 0 Å². The van der Waals surface area contributed by atoms with E-state index in [9.17, 15) is 28.8 Å². The van der Waals surface area contributed by atoms with Crippen molar-refractivity contribution in [2.75, 3.05) is 33.7 Å². The lowest BCUT2D eigenvalue weighted by Crippen LogP contribution is -2.57. The van der Waals surface area contributed by atoms with Gasteiger partial charge >= 0.3 is 0 Å². The lowest BCUT2D eigenvalue weighted by atomic mass is 10.0. The molecule has 1 aromatic heterocycles. The summed E-state index contributed by atoms with van der Waals surface area (Å²) in [7, 11) is 3.78. The Kier molecular flexibility index (Phi) is 19.1. The second-order valence-electron chi connectivity index (χ2n) is 13.2. The molecule has 0 radical (unpaired) electrons. The first kappa shape index (κ1) is 41.3. The zero-order chi connectivity index (χ0) is 36.2. The van der Waals surface area contributed by atoms with E-state index in [4.69, 9.17) is 5.73 Å². The predicted molar refractivity (Wildman–Crippen MR) is 184 cm³/mol. The third-order valence-electron chi connectivity index (χ3n) is 8.13. The van der Waals surface area contributed by atoms with Gasteiger partial charge in [-0.25, -0.2) is 0 Å². The van der Waals surface area contributed by atoms with E-state index >= 15 is 0 Å². The van der Waals surface area contributed by atoms with E-state index in [1.54, 1.807) is 18.5 Å². The second kappa shape index (κ2) is 22.7. The smallest absolute Gasteiger partial charge is 0.289 e. The molecular formula is C33H58N10O6. The summed E-state index contributed by atoms with van der Waals surface area (Å²) in [5.41, 5.74) is 5.74. The number of hydrogen-bond acceptors (Lipinski definition) is 10. The van der Waals surface area contributed by atoms with Crippen LogP contribution in [-0.2, 0) is 30.5 Å². The number of amides is 5. The van der Waals surface area contributed by atoms with E-state index in [-0.39, 0.29) is 36.9 Å². The summed E-state index contributed by atoms with van der Waals surface area (Å²) in [4.78, 5) is 80.9. The molecule has 16 heteroatoms. The van der Waals surface area contributed by atoms with Crippen LogP contribution in [0, 0.1) is 0 Å². The van der Waals surface area contributed by atoms with Crippen molar-refractivity contribution in [3.8, 4) is 0 Å². The van der Waals surface area contributed by atoms with Gasteiger partial charge in [-0.05, 0) is 105 Å². The van der Waals surface area contributed by atoms with Crippen LogP contribution in [0.25, 0.3) is 0 Å². The standard InChI is InChI=1S/C33H58N10O6/c1-23(2)36-33(49)29(45)24-14-9-11-19-35-28(44)17-7-5-6-12-21-43-22-27(40-41-43)32(48)39-25(15-8-10-18-34)31(47)38-26(30(46)37-24)16-13-20-42(3)4/h22-26H,5-21,34H2,1-4H3,(H,35,44)(H,36,49)(H,37,46)(H,38,47)(H,39,48)/t24-,25-,26-/m0/s1. The molecule has 2 rings (SSSR count). The van der Waals surface area contributed by atoms with Crippen LogP contribution in [0.4, 0.5) is 0 Å². The Morgan fingerprint density at radius 1 is 0.939 bits per heavy atom. The van der Waals surface area contributed by atoms with E-state index in [1.807, 2.05) is 19.0 Å². The average molecular weight is 691 g/mol. The van der Waals surface area contributed by atoms with Gasteiger partial charge in [0.2, 0.25) is 23.5 Å². The van der Waals surface area contributed by atoms with Gasteiger partial charge in [-0.1, -0.05) is 18.1 Å². The molecule has 0 saturated heterocycles. The molecule has 1 aromatic rings. The maximum Gasteiger partial charge on any atom is 0.289 e. The second-order valence-corrected chi connectivity index (χ2v) is 13.2. The van der Waals surface area contributed by atoms with Crippen molar-refractivity contribution in [1.29, 1.82) is 0 Å². The largest absolute Gasteiger partial charge is 0.356 e. The van der Waals surface area contributed by atoms with Crippen molar-refractivity contribution in [3.63, 3.8) is 0 Å². The number of unbranched alkanes of at least 4 members (excludes halogenated alkanes) is 1. The van der Waals surface area contributed by atoms with Crippen LogP contribution in [0.15, 0.2) is 6.20 Å². The summed E-state index contributed by atoms with van der Waals surface area (Å²) in [6, 6.07) is -3.45. The van der Waals surface area contributed by atoms with Gasteiger partial charge in [0.1, 0.15) is 12.1 Å². The van der Waals surface area contributed by atoms with Gasteiger partial charge in [0.25, 0.3) is 11.8 Å². The number of nitrogens with zero attached hydrogens (tertiary/aromatic N) is 4. The summed E-state index contributed by atoms with van der Waals surface area (Å²) >= 11 is 0. The van der Waals surface area contributed by atoms with Crippen molar-refractivity contribution < 1.29 is 28.8 Å². The van der Waals surface area contributed by atoms with Crippen molar-refractivity contribution in [2.45, 2.75) is 128 Å². The number of rotatable bonds is 11. The van der Waals surface area contributed by atoms with Gasteiger partial charge < -0.3 is 37.2 Å². The molecule has 0 fully saturated rings. The Morgan fingerprint density at radius 3 is 2.35 bits per heavy atom. The van der Waals surface area contributed by atoms with Crippen LogP contribution in [0.1, 0.15) is 108 Å². The molecule has 276 valence electrons. The zero-order valence-corrected chi connectivity index (χ0v) is 29.7. The highest BCUT2D eigenvalue weighted by Gasteiger charge is 2.32. The number of aromatic nitrogens is 3. The molecule has 3 atom stereocenters. The average Bonchev–Trinajstić information content (AvgIpc) is 3.52. The molecule has 1 aliphatic rings. The van der Waals surface area contributed by atoms with Crippen LogP contribution >= 0.6 is 0 Å². The highest BCUT2D eigenvalue weighted by Crippen LogP contribution is 2.10. The molecule has 0 aromatic carbocycles. The predicted octanol–water partition coefficient (Wildman–Crippen LogP) is 0.161. The summed E-state index contributed by atoms with van der Waals surface area (Å²) in [5, 5.41) is 21.8. The van der Waals surface area contributed by atoms with Crippen molar-refractivity contribution in [1.82, 2.24) is 46.5 Å². The molecule has 7 N–H and O–H groups in total. The fraction of sp³-hybridized carbons (Fsp3) is 0.758. The van der Waals surface area contributed by atoms with Crippen LogP contribution in [0.5, 0.6) is 0 Å². The molecule has 2 heterocycles. The number of Topliss-reactive ketones (excluding diaryl/α,β-unsaturated/α-hetero) is 1. The lowest BCUT2D eigenvalue weighted by Gasteiger charge is -2.25. The van der Waals surface area contributed by atoms with E-state index in [2.05, 4.69) is 36.9 Å². The first-order valence-corrected chi connectivity index (χ1v) is 17.7. The van der Waals surface area contributed by atoms with Gasteiger partial charge in [0, 0.05) is 25.6 Å². The van der Waals surface area contributed by atoms with Crippen molar-refractivity contribution in [3.05, 3.63) is 11.9 Å². The maximum atomic E-state index is 13.8. The van der Waals surface area contributed by atoms with Gasteiger partial charge in [-0.2, -0.15) is 0 Å². The van der Waals surface area contributed by atoms with Crippen LogP contribution < -0.4 is 32.3 Å². The Hall–Kier alpha value is -3.92. The number of aryl methyl sites for hydroxylation is 1. The van der Waals surface area contributed by atoms with Gasteiger partial charge in [0.15, 0.2) is 5.69 Å². The fourth-order valence-corrected chi connectivity index (χ4v) is 5.39. The fourth-order valence-electron chi connectivity index (χ4n) is 5.39. The Balaban J connectivity index is 2.35. The normalized spacial score (nSPS) is 21.2. The van der Waals surface area contributed by atoms with Crippen LogP contribution in [0.2, 0.25) is 0 Å². The van der Waals surface area contributed by atoms with E-state index < -0.39 is 47.5 Å². The first-order valence-electron chi connectivity index (χ1n) is 17.7. The number of carbonyl (C=O) groups excluding carboxylic acids is 6. The SMILES string of the molecule is CC(C)NC(=O)C(=O)[C@@H]1CCCCNC(=O)CCCCCCn2cc(nn2)C(=O)N[C@@H](CCCCN)C(=O)N[C@@H](CCCN(C)C)C(=O)N1. The number of fused-ring (bicyclic) bond motifs is 2. The molecule has 2 bridgehead atoms. The number of hydrogen-bond donors (Lipinski definition) is 6. The number of ketones is 1. The number of nitrogens with one attached hydrogen (secondary N) is 5. The molecule has 16 nitrogen and oxygen atoms in total. The Morgan fingerprint density at radius 2 is 1.63 bits per heavy atom. The van der Waals surface area contributed by atoms with Gasteiger partial charge in [0.05, 0.1) is 12.2 Å². The number of carbonyl (C=O) groups is 6.